The summed E-state index contributed by atoms with van der Waals surface area (Å²) in [7, 11) is 0. The van der Waals surface area contributed by atoms with Crippen LogP contribution in [0, 0.1) is 11.6 Å². The zero-order valence-electron chi connectivity index (χ0n) is 9.15. The summed E-state index contributed by atoms with van der Waals surface area (Å²) >= 11 is 0. The van der Waals surface area contributed by atoms with E-state index in [-0.39, 0.29) is 0 Å². The Morgan fingerprint density at radius 2 is 1.93 bits per heavy atom. The van der Waals surface area contributed by atoms with E-state index in [1.165, 1.54) is 12.5 Å². The SMILES string of the molecule is CCC.Fc1ccc2c(c1F)CCCO2. The molecule has 0 saturated carbocycles. The third-order valence-corrected chi connectivity index (χ3v) is 1.98. The molecule has 1 heterocycles. The molecule has 1 aromatic rings. The van der Waals surface area contributed by atoms with Crippen molar-refractivity contribution in [1.82, 2.24) is 0 Å². The van der Waals surface area contributed by atoms with Crippen LogP contribution >= 0.6 is 0 Å². The molecule has 2 rings (SSSR count). The second-order valence-corrected chi connectivity index (χ2v) is 3.50. The quantitative estimate of drug-likeness (QED) is 0.639. The fourth-order valence-electron chi connectivity index (χ4n) is 1.37. The van der Waals surface area contributed by atoms with Crippen LogP contribution in [-0.4, -0.2) is 6.61 Å². The van der Waals surface area contributed by atoms with Gasteiger partial charge in [0.25, 0.3) is 0 Å². The van der Waals surface area contributed by atoms with E-state index >= 15 is 0 Å². The average Bonchev–Trinajstić information content (AvgIpc) is 2.25. The van der Waals surface area contributed by atoms with Gasteiger partial charge in [0.2, 0.25) is 0 Å². The zero-order chi connectivity index (χ0) is 11.3. The van der Waals surface area contributed by atoms with Gasteiger partial charge in [0.1, 0.15) is 5.75 Å². The first kappa shape index (κ1) is 12.0. The lowest BCUT2D eigenvalue weighted by Gasteiger charge is -2.17. The average molecular weight is 214 g/mol. The van der Waals surface area contributed by atoms with E-state index in [1.54, 1.807) is 0 Å². The second kappa shape index (κ2) is 5.69. The minimum atomic E-state index is -0.792. The van der Waals surface area contributed by atoms with Crippen LogP contribution in [-0.2, 0) is 6.42 Å². The van der Waals surface area contributed by atoms with Gasteiger partial charge in [-0.25, -0.2) is 8.78 Å². The molecule has 0 saturated heterocycles. The van der Waals surface area contributed by atoms with Crippen LogP contribution in [0.5, 0.6) is 5.75 Å². The molecule has 0 aliphatic carbocycles. The summed E-state index contributed by atoms with van der Waals surface area (Å²) in [5.74, 6) is -1.06. The van der Waals surface area contributed by atoms with Crippen molar-refractivity contribution in [3.8, 4) is 5.75 Å². The molecular weight excluding hydrogens is 198 g/mol. The van der Waals surface area contributed by atoms with E-state index in [1.807, 2.05) is 0 Å². The molecule has 0 fully saturated rings. The van der Waals surface area contributed by atoms with Crippen LogP contribution in [0.3, 0.4) is 0 Å². The minimum Gasteiger partial charge on any atom is -0.493 e. The van der Waals surface area contributed by atoms with Crippen molar-refractivity contribution < 1.29 is 13.5 Å². The van der Waals surface area contributed by atoms with Gasteiger partial charge in [-0.15, -0.1) is 0 Å². The van der Waals surface area contributed by atoms with Gasteiger partial charge in [0.05, 0.1) is 6.61 Å². The van der Waals surface area contributed by atoms with Gasteiger partial charge in [0.15, 0.2) is 11.6 Å². The maximum absolute atomic E-state index is 13.0. The number of fused-ring (bicyclic) bond motifs is 1. The largest absolute Gasteiger partial charge is 0.493 e. The molecule has 0 unspecified atom stereocenters. The molecule has 0 N–H and O–H groups in total. The lowest BCUT2D eigenvalue weighted by atomic mass is 10.1. The highest BCUT2D eigenvalue weighted by molar-refractivity contribution is 5.36. The summed E-state index contributed by atoms with van der Waals surface area (Å²) in [6, 6.07) is 2.58. The Labute approximate surface area is 89.1 Å². The monoisotopic (exact) mass is 214 g/mol. The summed E-state index contributed by atoms with van der Waals surface area (Å²) in [6.07, 6.45) is 2.58. The maximum atomic E-state index is 13.0. The molecule has 0 amide bonds. The number of rotatable bonds is 0. The molecule has 0 bridgehead atoms. The summed E-state index contributed by atoms with van der Waals surface area (Å²) < 4.78 is 30.9. The van der Waals surface area contributed by atoms with Crippen LogP contribution < -0.4 is 4.74 Å². The van der Waals surface area contributed by atoms with Crippen LogP contribution in [0.1, 0.15) is 32.3 Å². The molecule has 15 heavy (non-hydrogen) atoms. The molecular formula is C12H16F2O. The predicted molar refractivity (Wildman–Crippen MR) is 56.1 cm³/mol. The molecule has 1 aromatic carbocycles. The zero-order valence-corrected chi connectivity index (χ0v) is 9.15. The number of halogens is 2. The van der Waals surface area contributed by atoms with Gasteiger partial charge in [0, 0.05) is 5.56 Å². The number of benzene rings is 1. The Morgan fingerprint density at radius 3 is 2.60 bits per heavy atom. The smallest absolute Gasteiger partial charge is 0.165 e. The lowest BCUT2D eigenvalue weighted by molar-refractivity contribution is 0.281. The Morgan fingerprint density at radius 1 is 1.27 bits per heavy atom. The van der Waals surface area contributed by atoms with Crippen molar-refractivity contribution in [2.75, 3.05) is 6.61 Å². The second-order valence-electron chi connectivity index (χ2n) is 3.50. The van der Waals surface area contributed by atoms with E-state index in [4.69, 9.17) is 4.74 Å². The van der Waals surface area contributed by atoms with Crippen molar-refractivity contribution in [2.45, 2.75) is 33.1 Å². The molecule has 1 aliphatic heterocycles. The Kier molecular flexibility index (Phi) is 4.53. The van der Waals surface area contributed by atoms with Crippen LogP contribution in [0.15, 0.2) is 12.1 Å². The van der Waals surface area contributed by atoms with Gasteiger partial charge in [-0.2, -0.15) is 0 Å². The summed E-state index contributed by atoms with van der Waals surface area (Å²) in [4.78, 5) is 0. The van der Waals surface area contributed by atoms with Crippen molar-refractivity contribution in [2.24, 2.45) is 0 Å². The first-order chi connectivity index (χ1) is 7.20. The van der Waals surface area contributed by atoms with Crippen molar-refractivity contribution in [3.63, 3.8) is 0 Å². The van der Waals surface area contributed by atoms with Gasteiger partial charge >= 0.3 is 0 Å². The van der Waals surface area contributed by atoms with Gasteiger partial charge in [-0.05, 0) is 25.0 Å². The Balaban J connectivity index is 0.000000337. The third-order valence-electron chi connectivity index (χ3n) is 1.98. The number of hydrogen-bond acceptors (Lipinski definition) is 1. The normalized spacial score (nSPS) is 13.3. The summed E-state index contributed by atoms with van der Waals surface area (Å²) in [5.41, 5.74) is 0.376. The minimum absolute atomic E-state index is 0.376. The summed E-state index contributed by atoms with van der Waals surface area (Å²) in [5, 5.41) is 0. The van der Waals surface area contributed by atoms with E-state index in [2.05, 4.69) is 13.8 Å². The molecule has 1 aliphatic rings. The standard InChI is InChI=1S/C9H8F2O.C3H8/c10-7-3-4-8-6(9(7)11)2-1-5-12-8;1-3-2/h3-4H,1-2,5H2;3H2,1-2H3. The molecule has 1 nitrogen and oxygen atoms in total. The van der Waals surface area contributed by atoms with Crippen molar-refractivity contribution >= 4 is 0 Å². The van der Waals surface area contributed by atoms with Crippen LogP contribution in [0.4, 0.5) is 8.78 Å². The predicted octanol–water partition coefficient (Wildman–Crippen LogP) is 3.71. The molecule has 3 heteroatoms. The van der Waals surface area contributed by atoms with Crippen molar-refractivity contribution in [3.05, 3.63) is 29.3 Å². The first-order valence-corrected chi connectivity index (χ1v) is 5.30. The Hall–Kier alpha value is -1.12. The molecule has 0 atom stereocenters. The highest BCUT2D eigenvalue weighted by Gasteiger charge is 2.17. The van der Waals surface area contributed by atoms with E-state index in [0.717, 1.165) is 12.5 Å². The highest BCUT2D eigenvalue weighted by atomic mass is 19.2. The molecule has 0 spiro atoms. The van der Waals surface area contributed by atoms with Crippen molar-refractivity contribution in [1.29, 1.82) is 0 Å². The molecule has 0 radical (unpaired) electrons. The lowest BCUT2D eigenvalue weighted by Crippen LogP contribution is -2.10. The first-order valence-electron chi connectivity index (χ1n) is 5.30. The van der Waals surface area contributed by atoms with E-state index in [9.17, 15) is 8.78 Å². The number of ether oxygens (including phenoxy) is 1. The van der Waals surface area contributed by atoms with Gasteiger partial charge < -0.3 is 4.74 Å². The fraction of sp³-hybridized carbons (Fsp3) is 0.500. The molecule has 0 aromatic heterocycles. The topological polar surface area (TPSA) is 9.23 Å². The summed E-state index contributed by atoms with van der Waals surface area (Å²) in [6.45, 7) is 4.85. The van der Waals surface area contributed by atoms with Crippen LogP contribution in [0.2, 0.25) is 0 Å². The molecule has 84 valence electrons. The van der Waals surface area contributed by atoms with E-state index < -0.39 is 11.6 Å². The Bertz CT molecular complexity index is 324. The van der Waals surface area contributed by atoms with Crippen LogP contribution in [0.25, 0.3) is 0 Å². The van der Waals surface area contributed by atoms with Gasteiger partial charge in [-0.3, -0.25) is 0 Å². The maximum Gasteiger partial charge on any atom is 0.165 e. The van der Waals surface area contributed by atoms with E-state index in [0.29, 0.717) is 24.3 Å². The number of hydrogen-bond donors (Lipinski definition) is 0. The fourth-order valence-corrected chi connectivity index (χ4v) is 1.37. The third kappa shape index (κ3) is 2.91. The van der Waals surface area contributed by atoms with Gasteiger partial charge in [-0.1, -0.05) is 20.3 Å². The highest BCUT2D eigenvalue weighted by Crippen LogP contribution is 2.28.